The van der Waals surface area contributed by atoms with E-state index in [1.54, 1.807) is 12.1 Å². The maximum absolute atomic E-state index is 13.6. The Kier molecular flexibility index (Phi) is 3.91. The highest BCUT2D eigenvalue weighted by Crippen LogP contribution is 2.37. The van der Waals surface area contributed by atoms with E-state index in [0.717, 1.165) is 11.2 Å². The summed E-state index contributed by atoms with van der Waals surface area (Å²) in [6.45, 7) is 3.96. The molecule has 0 spiro atoms. The van der Waals surface area contributed by atoms with Gasteiger partial charge in [0.1, 0.15) is 11.3 Å². The van der Waals surface area contributed by atoms with Gasteiger partial charge in [-0.05, 0) is 38.1 Å². The van der Waals surface area contributed by atoms with Crippen molar-refractivity contribution in [2.24, 2.45) is 0 Å². The Morgan fingerprint density at radius 2 is 1.82 bits per heavy atom. The van der Waals surface area contributed by atoms with Crippen LogP contribution in [0.15, 0.2) is 42.5 Å². The molecule has 2 aromatic carbocycles. The number of aromatic nitrogens is 2. The van der Waals surface area contributed by atoms with E-state index in [2.05, 4.69) is 20.9 Å². The fraction of sp³-hybridized carbons (Fsp3) is 0.176. The van der Waals surface area contributed by atoms with Crippen LogP contribution in [0.3, 0.4) is 0 Å². The van der Waals surface area contributed by atoms with Gasteiger partial charge < -0.3 is 0 Å². The highest BCUT2D eigenvalue weighted by atomic mass is 79.9. The first-order valence-electron chi connectivity index (χ1n) is 6.78. The van der Waals surface area contributed by atoms with Crippen molar-refractivity contribution in [2.75, 3.05) is 0 Å². The third kappa shape index (κ3) is 2.85. The molecule has 3 rings (SSSR count). The summed E-state index contributed by atoms with van der Waals surface area (Å²) < 4.78 is 13.2. The highest BCUT2D eigenvalue weighted by Gasteiger charge is 2.25. The Hall–Kier alpha value is -1.52. The predicted octanol–water partition coefficient (Wildman–Crippen LogP) is 5.72. The molecule has 0 radical (unpaired) electrons. The van der Waals surface area contributed by atoms with Crippen molar-refractivity contribution in [2.45, 2.75) is 18.2 Å². The average molecular weight is 380 g/mol. The number of nitrogens with zero attached hydrogens (tertiary/aromatic N) is 2. The van der Waals surface area contributed by atoms with E-state index in [4.69, 9.17) is 16.6 Å². The summed E-state index contributed by atoms with van der Waals surface area (Å²) >= 11 is 9.85. The van der Waals surface area contributed by atoms with E-state index >= 15 is 0 Å². The summed E-state index contributed by atoms with van der Waals surface area (Å²) in [6, 6.07) is 11.8. The first kappa shape index (κ1) is 15.4. The topological polar surface area (TPSA) is 25.8 Å². The van der Waals surface area contributed by atoms with E-state index < -0.39 is 4.32 Å². The molecule has 1 heterocycles. The summed E-state index contributed by atoms with van der Waals surface area (Å²) in [5.41, 5.74) is 3.38. The normalized spacial score (nSPS) is 11.9. The minimum atomic E-state index is -0.405. The molecular formula is C17H13BrClFN2. The van der Waals surface area contributed by atoms with E-state index in [0.29, 0.717) is 21.8 Å². The van der Waals surface area contributed by atoms with Gasteiger partial charge in [-0.25, -0.2) is 14.4 Å². The number of alkyl halides is 1. The molecule has 0 amide bonds. The van der Waals surface area contributed by atoms with Gasteiger partial charge in [-0.1, -0.05) is 45.7 Å². The SMILES string of the molecule is CC(C)(Br)c1nc2cccc(Cl)c2nc1-c1cccc(F)c1. The summed E-state index contributed by atoms with van der Waals surface area (Å²) in [4.78, 5) is 9.36. The highest BCUT2D eigenvalue weighted by molar-refractivity contribution is 9.09. The Morgan fingerprint density at radius 1 is 1.09 bits per heavy atom. The molecule has 0 bridgehead atoms. The monoisotopic (exact) mass is 378 g/mol. The van der Waals surface area contributed by atoms with Gasteiger partial charge in [0.15, 0.2) is 0 Å². The van der Waals surface area contributed by atoms with E-state index in [9.17, 15) is 4.39 Å². The fourth-order valence-corrected chi connectivity index (χ4v) is 2.78. The lowest BCUT2D eigenvalue weighted by molar-refractivity contribution is 0.628. The Bertz CT molecular complexity index is 859. The van der Waals surface area contributed by atoms with Crippen LogP contribution >= 0.6 is 27.5 Å². The van der Waals surface area contributed by atoms with Crippen molar-refractivity contribution < 1.29 is 4.39 Å². The molecule has 0 unspecified atom stereocenters. The Morgan fingerprint density at radius 3 is 2.50 bits per heavy atom. The number of rotatable bonds is 2. The molecule has 3 aromatic rings. The molecule has 0 fully saturated rings. The Labute approximate surface area is 141 Å². The van der Waals surface area contributed by atoms with Crippen molar-refractivity contribution in [1.29, 1.82) is 0 Å². The van der Waals surface area contributed by atoms with Crippen LogP contribution in [0.4, 0.5) is 4.39 Å². The molecular weight excluding hydrogens is 367 g/mol. The molecule has 0 aliphatic heterocycles. The zero-order valence-corrected chi connectivity index (χ0v) is 14.4. The van der Waals surface area contributed by atoms with Crippen LogP contribution in [-0.2, 0) is 4.32 Å². The first-order chi connectivity index (χ1) is 10.4. The minimum Gasteiger partial charge on any atom is -0.247 e. The number of hydrogen-bond donors (Lipinski definition) is 0. The largest absolute Gasteiger partial charge is 0.247 e. The zero-order chi connectivity index (χ0) is 15.9. The van der Waals surface area contributed by atoms with E-state index in [-0.39, 0.29) is 5.82 Å². The lowest BCUT2D eigenvalue weighted by Gasteiger charge is -2.20. The van der Waals surface area contributed by atoms with Gasteiger partial charge in [-0.3, -0.25) is 0 Å². The maximum Gasteiger partial charge on any atom is 0.123 e. The van der Waals surface area contributed by atoms with Crippen LogP contribution in [0.5, 0.6) is 0 Å². The second-order valence-electron chi connectivity index (χ2n) is 5.51. The standard InChI is InChI=1S/C17H13BrClFN2/c1-17(2,18)16-14(10-5-3-6-11(20)9-10)22-15-12(19)7-4-8-13(15)21-16/h3-9H,1-2H3. The zero-order valence-electron chi connectivity index (χ0n) is 12.1. The molecule has 0 aliphatic rings. The molecule has 0 atom stereocenters. The summed E-state index contributed by atoms with van der Waals surface area (Å²) in [5, 5.41) is 0.529. The third-order valence-electron chi connectivity index (χ3n) is 3.31. The molecule has 112 valence electrons. The quantitative estimate of drug-likeness (QED) is 0.532. The predicted molar refractivity (Wildman–Crippen MR) is 91.9 cm³/mol. The van der Waals surface area contributed by atoms with Crippen LogP contribution in [0.2, 0.25) is 5.02 Å². The molecule has 1 aromatic heterocycles. The smallest absolute Gasteiger partial charge is 0.123 e. The maximum atomic E-state index is 13.6. The van der Waals surface area contributed by atoms with Gasteiger partial charge in [0.2, 0.25) is 0 Å². The minimum absolute atomic E-state index is 0.308. The second-order valence-corrected chi connectivity index (χ2v) is 7.90. The van der Waals surface area contributed by atoms with Gasteiger partial charge in [-0.2, -0.15) is 0 Å². The molecule has 2 nitrogen and oxygen atoms in total. The van der Waals surface area contributed by atoms with Crippen LogP contribution in [-0.4, -0.2) is 9.97 Å². The number of benzene rings is 2. The molecule has 0 saturated carbocycles. The van der Waals surface area contributed by atoms with Gasteiger partial charge in [0, 0.05) is 5.56 Å². The van der Waals surface area contributed by atoms with Crippen LogP contribution in [0.25, 0.3) is 22.3 Å². The molecule has 0 N–H and O–H groups in total. The van der Waals surface area contributed by atoms with Crippen molar-refractivity contribution >= 4 is 38.6 Å². The first-order valence-corrected chi connectivity index (χ1v) is 7.95. The van der Waals surface area contributed by atoms with Crippen molar-refractivity contribution in [3.63, 3.8) is 0 Å². The Balaban J connectivity index is 2.38. The lowest BCUT2D eigenvalue weighted by atomic mass is 10.0. The average Bonchev–Trinajstić information content (AvgIpc) is 2.45. The van der Waals surface area contributed by atoms with Crippen molar-refractivity contribution in [1.82, 2.24) is 9.97 Å². The van der Waals surface area contributed by atoms with Crippen molar-refractivity contribution in [3.05, 3.63) is 59.0 Å². The van der Waals surface area contributed by atoms with Crippen LogP contribution in [0, 0.1) is 5.82 Å². The number of halogens is 3. The van der Waals surface area contributed by atoms with Crippen molar-refractivity contribution in [3.8, 4) is 11.3 Å². The van der Waals surface area contributed by atoms with Gasteiger partial charge >= 0.3 is 0 Å². The summed E-state index contributed by atoms with van der Waals surface area (Å²) in [5.74, 6) is -0.308. The number of para-hydroxylation sites is 1. The summed E-state index contributed by atoms with van der Waals surface area (Å²) in [7, 11) is 0. The van der Waals surface area contributed by atoms with Gasteiger partial charge in [0.25, 0.3) is 0 Å². The number of hydrogen-bond acceptors (Lipinski definition) is 2. The molecule has 5 heteroatoms. The van der Waals surface area contributed by atoms with Gasteiger partial charge in [-0.15, -0.1) is 0 Å². The van der Waals surface area contributed by atoms with E-state index in [1.165, 1.54) is 12.1 Å². The van der Waals surface area contributed by atoms with Crippen LogP contribution < -0.4 is 0 Å². The fourth-order valence-electron chi connectivity index (χ4n) is 2.29. The lowest BCUT2D eigenvalue weighted by Crippen LogP contribution is -2.13. The second kappa shape index (κ2) is 5.60. The molecule has 22 heavy (non-hydrogen) atoms. The van der Waals surface area contributed by atoms with Crippen LogP contribution in [0.1, 0.15) is 19.5 Å². The van der Waals surface area contributed by atoms with Gasteiger partial charge in [0.05, 0.1) is 26.3 Å². The summed E-state index contributed by atoms with van der Waals surface area (Å²) in [6.07, 6.45) is 0. The molecule has 0 aliphatic carbocycles. The van der Waals surface area contributed by atoms with E-state index in [1.807, 2.05) is 32.0 Å². The number of fused-ring (bicyclic) bond motifs is 1. The molecule has 0 saturated heterocycles. The third-order valence-corrected chi connectivity index (χ3v) is 3.99.